The molecule has 2 fully saturated rings. The first-order valence-corrected chi connectivity index (χ1v) is 8.44. The molecule has 0 atom stereocenters. The Bertz CT molecular complexity index is 334. The molecule has 0 spiro atoms. The molecule has 0 unspecified atom stereocenters. The fourth-order valence-electron chi connectivity index (χ4n) is 3.17. The van der Waals surface area contributed by atoms with Crippen LogP contribution < -0.4 is 10.6 Å². The summed E-state index contributed by atoms with van der Waals surface area (Å²) >= 11 is 5.33. The van der Waals surface area contributed by atoms with Crippen molar-refractivity contribution in [1.82, 2.24) is 15.5 Å². The highest BCUT2D eigenvalue weighted by Gasteiger charge is 2.26. The minimum atomic E-state index is 0.268. The number of carbonyl (C=O) groups excluding carboxylic acids is 1. The van der Waals surface area contributed by atoms with Gasteiger partial charge in [0.2, 0.25) is 5.91 Å². The van der Waals surface area contributed by atoms with Crippen LogP contribution in [0.5, 0.6) is 0 Å². The number of amides is 1. The molecule has 0 aromatic carbocycles. The number of hydrogen-bond donors (Lipinski definition) is 2. The average Bonchev–Trinajstić information content (AvgIpc) is 2.49. The lowest BCUT2D eigenvalue weighted by molar-refractivity contribution is -0.126. The number of piperidine rings is 1. The average molecular weight is 297 g/mol. The SMILES string of the molecule is CCNC(=S)N1CCC(NC(=O)C2CCCCC2)CC1. The second-order valence-electron chi connectivity index (χ2n) is 5.94. The van der Waals surface area contributed by atoms with Gasteiger partial charge in [-0.1, -0.05) is 19.3 Å². The minimum Gasteiger partial charge on any atom is -0.363 e. The Labute approximate surface area is 127 Å². The molecular weight excluding hydrogens is 270 g/mol. The number of nitrogens with one attached hydrogen (secondary N) is 2. The largest absolute Gasteiger partial charge is 0.363 e. The van der Waals surface area contributed by atoms with Crippen molar-refractivity contribution < 1.29 is 4.79 Å². The summed E-state index contributed by atoms with van der Waals surface area (Å²) in [5.74, 6) is 0.557. The van der Waals surface area contributed by atoms with E-state index in [1.807, 2.05) is 0 Å². The molecule has 1 saturated heterocycles. The third kappa shape index (κ3) is 4.33. The number of hydrogen-bond acceptors (Lipinski definition) is 2. The Kier molecular flexibility index (Phi) is 6.07. The van der Waals surface area contributed by atoms with E-state index in [0.29, 0.717) is 6.04 Å². The monoisotopic (exact) mass is 297 g/mol. The topological polar surface area (TPSA) is 44.4 Å². The zero-order valence-electron chi connectivity index (χ0n) is 12.5. The van der Waals surface area contributed by atoms with E-state index in [-0.39, 0.29) is 11.8 Å². The van der Waals surface area contributed by atoms with Gasteiger partial charge < -0.3 is 15.5 Å². The second kappa shape index (κ2) is 7.81. The van der Waals surface area contributed by atoms with Gasteiger partial charge in [-0.2, -0.15) is 0 Å². The van der Waals surface area contributed by atoms with Crippen molar-refractivity contribution in [3.8, 4) is 0 Å². The molecule has 4 nitrogen and oxygen atoms in total. The molecule has 1 aliphatic heterocycles. The van der Waals surface area contributed by atoms with Gasteiger partial charge in [-0.05, 0) is 44.8 Å². The van der Waals surface area contributed by atoms with Crippen LogP contribution in [0.3, 0.4) is 0 Å². The number of rotatable bonds is 3. The maximum absolute atomic E-state index is 12.2. The quantitative estimate of drug-likeness (QED) is 0.783. The number of likely N-dealkylation sites (tertiary alicyclic amines) is 1. The van der Waals surface area contributed by atoms with Crippen molar-refractivity contribution in [2.75, 3.05) is 19.6 Å². The highest BCUT2D eigenvalue weighted by molar-refractivity contribution is 7.80. The standard InChI is InChI=1S/C15H27N3OS/c1-2-16-15(20)18-10-8-13(9-11-18)17-14(19)12-6-4-3-5-7-12/h12-13H,2-11H2,1H3,(H,16,20)(H,17,19). The lowest BCUT2D eigenvalue weighted by atomic mass is 9.88. The molecule has 0 bridgehead atoms. The van der Waals surface area contributed by atoms with Gasteiger partial charge >= 0.3 is 0 Å². The van der Waals surface area contributed by atoms with E-state index in [9.17, 15) is 4.79 Å². The Morgan fingerprint density at radius 3 is 2.40 bits per heavy atom. The van der Waals surface area contributed by atoms with Gasteiger partial charge in [0.1, 0.15) is 0 Å². The van der Waals surface area contributed by atoms with E-state index in [1.165, 1.54) is 19.3 Å². The smallest absolute Gasteiger partial charge is 0.223 e. The van der Waals surface area contributed by atoms with Crippen LogP contribution in [0.2, 0.25) is 0 Å². The van der Waals surface area contributed by atoms with Gasteiger partial charge in [-0.25, -0.2) is 0 Å². The Morgan fingerprint density at radius 1 is 1.15 bits per heavy atom. The number of carbonyl (C=O) groups is 1. The first kappa shape index (κ1) is 15.5. The second-order valence-corrected chi connectivity index (χ2v) is 6.33. The minimum absolute atomic E-state index is 0.268. The maximum atomic E-state index is 12.2. The van der Waals surface area contributed by atoms with Crippen LogP contribution in [0.4, 0.5) is 0 Å². The van der Waals surface area contributed by atoms with E-state index >= 15 is 0 Å². The summed E-state index contributed by atoms with van der Waals surface area (Å²) in [6, 6.07) is 0.338. The molecule has 1 aliphatic carbocycles. The highest BCUT2D eigenvalue weighted by Crippen LogP contribution is 2.24. The van der Waals surface area contributed by atoms with Gasteiger partial charge in [-0.3, -0.25) is 4.79 Å². The summed E-state index contributed by atoms with van der Waals surface area (Å²) in [4.78, 5) is 14.4. The molecule has 0 aromatic rings. The van der Waals surface area contributed by atoms with Crippen LogP contribution in [0.15, 0.2) is 0 Å². The molecule has 0 aromatic heterocycles. The van der Waals surface area contributed by atoms with E-state index < -0.39 is 0 Å². The van der Waals surface area contributed by atoms with Crippen LogP contribution >= 0.6 is 12.2 Å². The molecular formula is C15H27N3OS. The molecule has 0 radical (unpaired) electrons. The van der Waals surface area contributed by atoms with Crippen molar-refractivity contribution in [3.63, 3.8) is 0 Å². The third-order valence-corrected chi connectivity index (χ3v) is 4.84. The predicted molar refractivity (Wildman–Crippen MR) is 85.6 cm³/mol. The fourth-order valence-corrected chi connectivity index (χ4v) is 3.50. The molecule has 1 heterocycles. The summed E-state index contributed by atoms with van der Waals surface area (Å²) in [7, 11) is 0. The predicted octanol–water partition coefficient (Wildman–Crippen LogP) is 2.04. The first-order valence-electron chi connectivity index (χ1n) is 8.04. The zero-order valence-corrected chi connectivity index (χ0v) is 13.3. The lowest BCUT2D eigenvalue weighted by Gasteiger charge is -2.35. The Morgan fingerprint density at radius 2 is 1.80 bits per heavy atom. The highest BCUT2D eigenvalue weighted by atomic mass is 32.1. The first-order chi connectivity index (χ1) is 9.70. The van der Waals surface area contributed by atoms with Crippen LogP contribution in [0.1, 0.15) is 51.9 Å². The van der Waals surface area contributed by atoms with Crippen molar-refractivity contribution >= 4 is 23.2 Å². The third-order valence-electron chi connectivity index (χ3n) is 4.43. The Balaban J connectivity index is 1.71. The van der Waals surface area contributed by atoms with Crippen molar-refractivity contribution in [2.45, 2.75) is 57.9 Å². The van der Waals surface area contributed by atoms with E-state index in [2.05, 4.69) is 22.5 Å². The van der Waals surface area contributed by atoms with Crippen LogP contribution in [-0.4, -0.2) is 41.6 Å². The number of thiocarbonyl (C=S) groups is 1. The van der Waals surface area contributed by atoms with Crippen LogP contribution in [0, 0.1) is 5.92 Å². The molecule has 114 valence electrons. The van der Waals surface area contributed by atoms with Gasteiger partial charge in [0.25, 0.3) is 0 Å². The zero-order chi connectivity index (χ0) is 14.4. The summed E-state index contributed by atoms with van der Waals surface area (Å²) in [5.41, 5.74) is 0. The molecule has 2 N–H and O–H groups in total. The molecule has 20 heavy (non-hydrogen) atoms. The molecule has 2 rings (SSSR count). The van der Waals surface area contributed by atoms with Crippen molar-refractivity contribution in [3.05, 3.63) is 0 Å². The van der Waals surface area contributed by atoms with Crippen molar-refractivity contribution in [1.29, 1.82) is 0 Å². The maximum Gasteiger partial charge on any atom is 0.223 e. The molecule has 5 heteroatoms. The summed E-state index contributed by atoms with van der Waals surface area (Å²) in [6.45, 7) is 4.82. The van der Waals surface area contributed by atoms with Gasteiger partial charge in [0.05, 0.1) is 0 Å². The fraction of sp³-hybridized carbons (Fsp3) is 0.867. The van der Waals surface area contributed by atoms with Gasteiger partial charge in [0.15, 0.2) is 5.11 Å². The Hall–Kier alpha value is -0.840. The van der Waals surface area contributed by atoms with Gasteiger partial charge in [-0.15, -0.1) is 0 Å². The normalized spacial score (nSPS) is 21.6. The number of nitrogens with zero attached hydrogens (tertiary/aromatic N) is 1. The van der Waals surface area contributed by atoms with E-state index in [0.717, 1.165) is 50.4 Å². The summed E-state index contributed by atoms with van der Waals surface area (Å²) in [5, 5.41) is 7.29. The van der Waals surface area contributed by atoms with E-state index in [4.69, 9.17) is 12.2 Å². The molecule has 1 saturated carbocycles. The summed E-state index contributed by atoms with van der Waals surface area (Å²) < 4.78 is 0. The van der Waals surface area contributed by atoms with Gasteiger partial charge in [0, 0.05) is 31.6 Å². The lowest BCUT2D eigenvalue weighted by Crippen LogP contribution is -2.50. The summed E-state index contributed by atoms with van der Waals surface area (Å²) in [6.07, 6.45) is 7.89. The molecule has 2 aliphatic rings. The molecule has 1 amide bonds. The van der Waals surface area contributed by atoms with Crippen molar-refractivity contribution in [2.24, 2.45) is 5.92 Å². The van der Waals surface area contributed by atoms with Crippen LogP contribution in [0.25, 0.3) is 0 Å². The van der Waals surface area contributed by atoms with Crippen LogP contribution in [-0.2, 0) is 4.79 Å². The van der Waals surface area contributed by atoms with E-state index in [1.54, 1.807) is 0 Å².